The number of rotatable bonds is 6. The Balaban J connectivity index is 1.92. The van der Waals surface area contributed by atoms with Gasteiger partial charge >= 0.3 is 11.6 Å². The Bertz CT molecular complexity index is 1090. The van der Waals surface area contributed by atoms with Crippen LogP contribution < -0.4 is 10.9 Å². The maximum atomic E-state index is 12.4. The Morgan fingerprint density at radius 3 is 2.71 bits per heavy atom. The first-order chi connectivity index (χ1) is 13.4. The molecule has 0 bridgehead atoms. The molecule has 0 spiro atoms. The van der Waals surface area contributed by atoms with Crippen molar-refractivity contribution in [2.45, 2.75) is 26.4 Å². The number of ether oxygens (including phenoxy) is 1. The summed E-state index contributed by atoms with van der Waals surface area (Å²) in [6.45, 7) is 2.56. The number of esters is 1. The predicted molar refractivity (Wildman–Crippen MR) is 107 cm³/mol. The number of phenolic OH excluding ortho intramolecular Hbond substituents is 1. The quantitative estimate of drug-likeness (QED) is 0.485. The highest BCUT2D eigenvalue weighted by atomic mass is 35.5. The Labute approximate surface area is 166 Å². The third-order valence-corrected chi connectivity index (χ3v) is 4.84. The van der Waals surface area contributed by atoms with E-state index in [0.717, 1.165) is 5.56 Å². The van der Waals surface area contributed by atoms with Gasteiger partial charge in [0.05, 0.1) is 24.7 Å². The van der Waals surface area contributed by atoms with Crippen molar-refractivity contribution < 1.29 is 19.1 Å². The number of aryl methyl sites for hydroxylation is 1. The van der Waals surface area contributed by atoms with Gasteiger partial charge in [-0.15, -0.1) is 0 Å². The van der Waals surface area contributed by atoms with Gasteiger partial charge in [-0.25, -0.2) is 4.79 Å². The molecule has 0 radical (unpaired) electrons. The zero-order chi connectivity index (χ0) is 20.3. The number of fused-ring (bicyclic) bond motifs is 1. The van der Waals surface area contributed by atoms with Crippen LogP contribution in [0.15, 0.2) is 45.6 Å². The standard InChI is InChI=1S/C21H20ClNO5/c1-12-15-6-7-18(24)17(11-23-10-13-4-3-5-14(22)8-13)20(15)28-21(26)16(12)9-19(25)27-2/h3-8,23-24H,9-11H2,1-2H3. The third-order valence-electron chi connectivity index (χ3n) is 4.60. The van der Waals surface area contributed by atoms with Gasteiger partial charge in [-0.05, 0) is 42.3 Å². The molecule has 0 atom stereocenters. The molecule has 3 rings (SSSR count). The first-order valence-corrected chi connectivity index (χ1v) is 9.07. The zero-order valence-corrected chi connectivity index (χ0v) is 16.3. The molecule has 0 aliphatic heterocycles. The lowest BCUT2D eigenvalue weighted by Gasteiger charge is -2.12. The second-order valence-corrected chi connectivity index (χ2v) is 6.86. The van der Waals surface area contributed by atoms with Crippen LogP contribution in [0, 0.1) is 6.92 Å². The number of carbonyl (C=O) groups excluding carboxylic acids is 1. The largest absolute Gasteiger partial charge is 0.507 e. The van der Waals surface area contributed by atoms with Crippen molar-refractivity contribution in [3.63, 3.8) is 0 Å². The summed E-state index contributed by atoms with van der Waals surface area (Å²) in [6.07, 6.45) is -0.163. The van der Waals surface area contributed by atoms with E-state index in [1.54, 1.807) is 25.1 Å². The molecule has 0 fully saturated rings. The Morgan fingerprint density at radius 1 is 1.21 bits per heavy atom. The van der Waals surface area contributed by atoms with E-state index in [1.165, 1.54) is 7.11 Å². The lowest BCUT2D eigenvalue weighted by atomic mass is 10.0. The molecule has 1 aromatic heterocycles. The van der Waals surface area contributed by atoms with Gasteiger partial charge in [0, 0.05) is 23.5 Å². The van der Waals surface area contributed by atoms with E-state index < -0.39 is 11.6 Å². The fourth-order valence-electron chi connectivity index (χ4n) is 3.07. The Hall–Kier alpha value is -2.83. The number of hydrogen-bond donors (Lipinski definition) is 2. The van der Waals surface area contributed by atoms with E-state index in [-0.39, 0.29) is 24.3 Å². The molecule has 7 heteroatoms. The molecule has 146 valence electrons. The van der Waals surface area contributed by atoms with Gasteiger partial charge in [-0.3, -0.25) is 4.79 Å². The van der Waals surface area contributed by atoms with Crippen LogP contribution in [-0.4, -0.2) is 18.2 Å². The Kier molecular flexibility index (Phi) is 6.02. The molecule has 0 amide bonds. The second-order valence-electron chi connectivity index (χ2n) is 6.42. The summed E-state index contributed by atoms with van der Waals surface area (Å²) < 4.78 is 10.1. The van der Waals surface area contributed by atoms with Crippen molar-refractivity contribution in [1.29, 1.82) is 0 Å². The van der Waals surface area contributed by atoms with Crippen molar-refractivity contribution >= 4 is 28.5 Å². The molecule has 3 aromatic rings. The molecular formula is C21H20ClNO5. The molecular weight excluding hydrogens is 382 g/mol. The molecule has 0 aliphatic carbocycles. The van der Waals surface area contributed by atoms with E-state index in [1.807, 2.05) is 18.2 Å². The third kappa shape index (κ3) is 4.18. The van der Waals surface area contributed by atoms with Crippen LogP contribution in [-0.2, 0) is 29.0 Å². The number of halogens is 1. The van der Waals surface area contributed by atoms with E-state index in [0.29, 0.717) is 33.7 Å². The van der Waals surface area contributed by atoms with E-state index in [9.17, 15) is 14.7 Å². The summed E-state index contributed by atoms with van der Waals surface area (Å²) in [6, 6.07) is 10.7. The van der Waals surface area contributed by atoms with Crippen LogP contribution >= 0.6 is 11.6 Å². The first-order valence-electron chi connectivity index (χ1n) is 8.69. The number of carbonyl (C=O) groups is 1. The molecule has 0 saturated carbocycles. The normalized spacial score (nSPS) is 11.0. The molecule has 0 aliphatic rings. The molecule has 2 N–H and O–H groups in total. The minimum absolute atomic E-state index is 0.0226. The van der Waals surface area contributed by atoms with Crippen LogP contribution in [0.2, 0.25) is 5.02 Å². The van der Waals surface area contributed by atoms with Gasteiger partial charge in [0.25, 0.3) is 0 Å². The highest BCUT2D eigenvalue weighted by Crippen LogP contribution is 2.29. The van der Waals surface area contributed by atoms with Crippen LogP contribution in [0.1, 0.15) is 22.3 Å². The van der Waals surface area contributed by atoms with Gasteiger partial charge < -0.3 is 19.6 Å². The van der Waals surface area contributed by atoms with Gasteiger partial charge in [0.2, 0.25) is 0 Å². The number of benzene rings is 2. The van der Waals surface area contributed by atoms with Gasteiger partial charge in [-0.2, -0.15) is 0 Å². The average molecular weight is 402 g/mol. The average Bonchev–Trinajstić information content (AvgIpc) is 2.66. The van der Waals surface area contributed by atoms with E-state index in [2.05, 4.69) is 10.1 Å². The minimum atomic E-state index is -0.614. The van der Waals surface area contributed by atoms with E-state index in [4.69, 9.17) is 16.0 Å². The molecule has 2 aromatic carbocycles. The molecule has 28 heavy (non-hydrogen) atoms. The summed E-state index contributed by atoms with van der Waals surface area (Å²) in [5.74, 6) is -0.494. The van der Waals surface area contributed by atoms with Gasteiger partial charge in [-0.1, -0.05) is 23.7 Å². The number of methoxy groups -OCH3 is 1. The monoisotopic (exact) mass is 401 g/mol. The smallest absolute Gasteiger partial charge is 0.340 e. The van der Waals surface area contributed by atoms with Crippen LogP contribution in [0.5, 0.6) is 5.75 Å². The fraction of sp³-hybridized carbons (Fsp3) is 0.238. The SMILES string of the molecule is COC(=O)Cc1c(C)c2ccc(O)c(CNCc3cccc(Cl)c3)c2oc1=O. The lowest BCUT2D eigenvalue weighted by Crippen LogP contribution is -2.17. The number of nitrogens with one attached hydrogen (secondary N) is 1. The Morgan fingerprint density at radius 2 is 2.00 bits per heavy atom. The van der Waals surface area contributed by atoms with Gasteiger partial charge in [0.15, 0.2) is 0 Å². The summed E-state index contributed by atoms with van der Waals surface area (Å²) in [7, 11) is 1.27. The highest BCUT2D eigenvalue weighted by molar-refractivity contribution is 6.30. The maximum absolute atomic E-state index is 12.4. The fourth-order valence-corrected chi connectivity index (χ4v) is 3.28. The maximum Gasteiger partial charge on any atom is 0.340 e. The first kappa shape index (κ1) is 19.9. The molecule has 1 heterocycles. The van der Waals surface area contributed by atoms with Gasteiger partial charge in [0.1, 0.15) is 11.3 Å². The second kappa shape index (κ2) is 8.46. The highest BCUT2D eigenvalue weighted by Gasteiger charge is 2.18. The van der Waals surface area contributed by atoms with Crippen molar-refractivity contribution in [1.82, 2.24) is 5.32 Å². The van der Waals surface area contributed by atoms with Crippen molar-refractivity contribution in [2.75, 3.05) is 7.11 Å². The topological polar surface area (TPSA) is 88.8 Å². The van der Waals surface area contributed by atoms with E-state index >= 15 is 0 Å². The number of phenols is 1. The number of hydrogen-bond acceptors (Lipinski definition) is 6. The summed E-state index contributed by atoms with van der Waals surface area (Å²) in [4.78, 5) is 24.0. The van der Waals surface area contributed by atoms with Crippen molar-refractivity contribution in [3.05, 3.63) is 74.1 Å². The van der Waals surface area contributed by atoms with Crippen molar-refractivity contribution in [3.8, 4) is 5.75 Å². The summed E-state index contributed by atoms with van der Waals surface area (Å²) in [5, 5.41) is 14.8. The predicted octanol–water partition coefficient (Wildman–Crippen LogP) is 3.47. The zero-order valence-electron chi connectivity index (χ0n) is 15.5. The molecule has 0 saturated heterocycles. The number of aromatic hydroxyl groups is 1. The molecule has 6 nitrogen and oxygen atoms in total. The summed E-state index contributed by atoms with van der Waals surface area (Å²) in [5.41, 5.74) is 2.04. The van der Waals surface area contributed by atoms with Crippen LogP contribution in [0.3, 0.4) is 0 Å². The van der Waals surface area contributed by atoms with Crippen LogP contribution in [0.4, 0.5) is 0 Å². The minimum Gasteiger partial charge on any atom is -0.507 e. The summed E-state index contributed by atoms with van der Waals surface area (Å²) >= 11 is 5.99. The lowest BCUT2D eigenvalue weighted by molar-refractivity contribution is -0.139. The molecule has 0 unspecified atom stereocenters. The van der Waals surface area contributed by atoms with Crippen LogP contribution in [0.25, 0.3) is 11.0 Å². The van der Waals surface area contributed by atoms with Crippen molar-refractivity contribution in [2.24, 2.45) is 0 Å².